The van der Waals surface area contributed by atoms with Crippen LogP contribution < -0.4 is 14.2 Å². The van der Waals surface area contributed by atoms with Crippen LogP contribution in [0.5, 0.6) is 23.0 Å². The Hall–Kier alpha value is -2.45. The summed E-state index contributed by atoms with van der Waals surface area (Å²) in [4.78, 5) is 8.38. The third-order valence-electron chi connectivity index (χ3n) is 6.73. The highest BCUT2D eigenvalue weighted by Crippen LogP contribution is 2.55. The van der Waals surface area contributed by atoms with Crippen molar-refractivity contribution in [3.8, 4) is 23.0 Å². The largest absolute Gasteiger partial charge is 0.504 e. The Bertz CT molecular complexity index is 1100. The molecule has 162 valence electrons. The lowest BCUT2D eigenvalue weighted by molar-refractivity contribution is -0.0860. The Balaban J connectivity index is 1.46. The Morgan fingerprint density at radius 3 is 2.68 bits per heavy atom. The molecule has 31 heavy (non-hydrogen) atoms. The van der Waals surface area contributed by atoms with Gasteiger partial charge in [0.05, 0.1) is 18.7 Å². The van der Waals surface area contributed by atoms with Crippen LogP contribution in [0.3, 0.4) is 0 Å². The van der Waals surface area contributed by atoms with E-state index >= 15 is 0 Å². The normalized spacial score (nSPS) is 26.2. The molecule has 0 radical (unpaired) electrons. The molecule has 0 spiro atoms. The fourth-order valence-electron chi connectivity index (χ4n) is 5.12. The van der Waals surface area contributed by atoms with Crippen molar-refractivity contribution < 1.29 is 24.2 Å². The average molecular weight is 487 g/mol. The maximum atomic E-state index is 10.5. The molecule has 2 aromatic carbocycles. The van der Waals surface area contributed by atoms with Gasteiger partial charge in [0.1, 0.15) is 0 Å². The molecule has 3 atom stereocenters. The third-order valence-corrected chi connectivity index (χ3v) is 7.46. The molecule has 7 nitrogen and oxygen atoms in total. The molecule has 3 heterocycles. The molecule has 6 rings (SSSR count). The number of rotatable bonds is 4. The number of oxime groups is 1. The van der Waals surface area contributed by atoms with E-state index in [0.29, 0.717) is 18.2 Å². The Labute approximate surface area is 188 Å². The van der Waals surface area contributed by atoms with E-state index in [1.807, 2.05) is 31.2 Å². The van der Waals surface area contributed by atoms with Crippen molar-refractivity contribution in [2.24, 2.45) is 11.1 Å². The minimum atomic E-state index is -0.219. The van der Waals surface area contributed by atoms with Crippen LogP contribution in [0.25, 0.3) is 0 Å². The summed E-state index contributed by atoms with van der Waals surface area (Å²) in [7, 11) is 1.59. The van der Waals surface area contributed by atoms with Crippen LogP contribution in [0, 0.1) is 5.92 Å². The van der Waals surface area contributed by atoms with Gasteiger partial charge in [-0.2, -0.15) is 0 Å². The summed E-state index contributed by atoms with van der Waals surface area (Å²) in [6.07, 6.45) is 2.12. The lowest BCUT2D eigenvalue weighted by atomic mass is 9.80. The van der Waals surface area contributed by atoms with Gasteiger partial charge in [-0.1, -0.05) is 21.1 Å². The molecule has 1 saturated carbocycles. The molecule has 2 aromatic rings. The van der Waals surface area contributed by atoms with Crippen LogP contribution in [0.1, 0.15) is 48.4 Å². The molecule has 8 heteroatoms. The molecule has 1 fully saturated rings. The van der Waals surface area contributed by atoms with E-state index in [-0.39, 0.29) is 30.7 Å². The lowest BCUT2D eigenvalue weighted by Gasteiger charge is -2.43. The van der Waals surface area contributed by atoms with Gasteiger partial charge in [0, 0.05) is 17.1 Å². The van der Waals surface area contributed by atoms with E-state index in [0.717, 1.165) is 32.8 Å². The van der Waals surface area contributed by atoms with Gasteiger partial charge in [0.25, 0.3) is 0 Å². The van der Waals surface area contributed by atoms with E-state index in [2.05, 4.69) is 26.0 Å². The summed E-state index contributed by atoms with van der Waals surface area (Å²) in [5.74, 6) is 2.68. The van der Waals surface area contributed by atoms with E-state index < -0.39 is 0 Å². The highest BCUT2D eigenvalue weighted by atomic mass is 79.9. The zero-order chi connectivity index (χ0) is 21.3. The predicted octanol–water partition coefficient (Wildman–Crippen LogP) is 4.67. The average Bonchev–Trinajstić information content (AvgIpc) is 3.37. The Morgan fingerprint density at radius 2 is 1.94 bits per heavy atom. The van der Waals surface area contributed by atoms with Crippen LogP contribution in [0.15, 0.2) is 33.9 Å². The highest BCUT2D eigenvalue weighted by Gasteiger charge is 2.51. The molecule has 1 N–H and O–H groups in total. The number of phenolic OH excluding ortho intramolecular Hbond substituents is 1. The van der Waals surface area contributed by atoms with Crippen molar-refractivity contribution in [1.29, 1.82) is 0 Å². The van der Waals surface area contributed by atoms with Crippen LogP contribution in [0.2, 0.25) is 0 Å². The quantitative estimate of drug-likeness (QED) is 0.676. The van der Waals surface area contributed by atoms with Crippen molar-refractivity contribution in [2.45, 2.75) is 44.5 Å². The Morgan fingerprint density at radius 1 is 1.16 bits per heavy atom. The molecule has 0 amide bonds. The molecular formula is C23H23BrN2O5. The number of hydrogen-bond acceptors (Lipinski definition) is 7. The second-order valence-corrected chi connectivity index (χ2v) is 9.47. The number of nitrogens with zero attached hydrogens (tertiary/aromatic N) is 2. The minimum absolute atomic E-state index is 0.0328. The Kier molecular flexibility index (Phi) is 4.37. The van der Waals surface area contributed by atoms with Crippen LogP contribution in [-0.2, 0) is 11.4 Å². The van der Waals surface area contributed by atoms with Gasteiger partial charge in [-0.15, -0.1) is 0 Å². The number of methoxy groups -OCH3 is 1. The number of halogens is 1. The monoisotopic (exact) mass is 486 g/mol. The minimum Gasteiger partial charge on any atom is -0.504 e. The topological polar surface area (TPSA) is 72.8 Å². The summed E-state index contributed by atoms with van der Waals surface area (Å²) in [5.41, 5.74) is 4.30. The van der Waals surface area contributed by atoms with E-state index in [4.69, 9.17) is 19.0 Å². The van der Waals surface area contributed by atoms with Gasteiger partial charge in [0.2, 0.25) is 6.79 Å². The van der Waals surface area contributed by atoms with Crippen molar-refractivity contribution in [1.82, 2.24) is 4.90 Å². The maximum Gasteiger partial charge on any atom is 0.231 e. The van der Waals surface area contributed by atoms with Crippen molar-refractivity contribution >= 4 is 21.6 Å². The number of ether oxygens (including phenoxy) is 3. The van der Waals surface area contributed by atoms with E-state index in [9.17, 15) is 5.11 Å². The van der Waals surface area contributed by atoms with Gasteiger partial charge in [-0.25, -0.2) is 0 Å². The summed E-state index contributed by atoms with van der Waals surface area (Å²) < 4.78 is 17.6. The van der Waals surface area contributed by atoms with E-state index in [1.165, 1.54) is 18.4 Å². The van der Waals surface area contributed by atoms with E-state index in [1.54, 1.807) is 7.11 Å². The third kappa shape index (κ3) is 2.99. The molecule has 3 aliphatic heterocycles. The second-order valence-electron chi connectivity index (χ2n) is 8.61. The molecule has 0 aromatic heterocycles. The molecular weight excluding hydrogens is 464 g/mol. The summed E-state index contributed by atoms with van der Waals surface area (Å²) in [6, 6.07) is 8.00. The highest BCUT2D eigenvalue weighted by molar-refractivity contribution is 9.10. The number of aromatic hydroxyl groups is 1. The molecule has 0 unspecified atom stereocenters. The zero-order valence-electron chi connectivity index (χ0n) is 17.3. The maximum absolute atomic E-state index is 10.5. The van der Waals surface area contributed by atoms with Gasteiger partial charge >= 0.3 is 0 Å². The molecule has 4 aliphatic rings. The fourth-order valence-corrected chi connectivity index (χ4v) is 5.57. The first kappa shape index (κ1) is 19.3. The summed E-state index contributed by atoms with van der Waals surface area (Å²) in [6.45, 7) is 2.91. The molecule has 1 aliphatic carbocycles. The van der Waals surface area contributed by atoms with Gasteiger partial charge in [-0.3, -0.25) is 4.90 Å². The second kappa shape index (κ2) is 7.03. The first-order chi connectivity index (χ1) is 15.0. The van der Waals surface area contributed by atoms with Crippen molar-refractivity contribution in [2.75, 3.05) is 13.9 Å². The van der Waals surface area contributed by atoms with Crippen LogP contribution >= 0.6 is 15.9 Å². The first-order valence-electron chi connectivity index (χ1n) is 10.5. The smallest absolute Gasteiger partial charge is 0.231 e. The predicted molar refractivity (Wildman–Crippen MR) is 117 cm³/mol. The van der Waals surface area contributed by atoms with Gasteiger partial charge in [0.15, 0.2) is 29.2 Å². The van der Waals surface area contributed by atoms with Crippen molar-refractivity contribution in [3.05, 3.63) is 45.4 Å². The molecule has 0 bridgehead atoms. The van der Waals surface area contributed by atoms with Gasteiger partial charge in [-0.05, 0) is 66.6 Å². The first-order valence-corrected chi connectivity index (χ1v) is 11.3. The number of phenols is 1. The summed E-state index contributed by atoms with van der Waals surface area (Å²) >= 11 is 3.71. The fraction of sp³-hybridized carbons (Fsp3) is 0.435. The molecule has 0 saturated heterocycles. The standard InChI is InChI=1S/C23H23BrN2O5/c1-11-21-14-6-17(27)18(28-2)7-15(14)22(12-3-4-12)26(23(21)31-25-11)9-13-5-19-20(8-16(13)24)30-10-29-19/h5-8,12,21-23,27H,3-4,9-10H2,1-2H3/t21-,22-,23-/m1/s1. The number of benzene rings is 2. The summed E-state index contributed by atoms with van der Waals surface area (Å²) in [5, 5.41) is 14.8. The SMILES string of the molecule is COc1cc2c(cc1O)[C@H]1C(C)=NO[C@H]1N(Cc1cc3c(cc1Br)OCO3)[C@@H]2C1CC1. The van der Waals surface area contributed by atoms with Crippen LogP contribution in [0.4, 0.5) is 0 Å². The number of fused-ring (bicyclic) bond motifs is 4. The lowest BCUT2D eigenvalue weighted by Crippen LogP contribution is -2.47. The van der Waals surface area contributed by atoms with Crippen molar-refractivity contribution in [3.63, 3.8) is 0 Å². The van der Waals surface area contributed by atoms with Crippen LogP contribution in [-0.4, -0.2) is 35.8 Å². The zero-order valence-corrected chi connectivity index (χ0v) is 18.9. The van der Waals surface area contributed by atoms with Gasteiger partial charge < -0.3 is 24.2 Å². The number of hydrogen-bond donors (Lipinski definition) is 1.